The van der Waals surface area contributed by atoms with E-state index < -0.39 is 17.5 Å². The smallest absolute Gasteiger partial charge is 0.336 e. The molecule has 2 heterocycles. The molecule has 2 aromatic carbocycles. The maximum atomic E-state index is 14.2. The van der Waals surface area contributed by atoms with Gasteiger partial charge in [0.15, 0.2) is 5.78 Å². The molecule has 2 atom stereocenters. The molecule has 1 aliphatic carbocycles. The molecule has 7 nitrogen and oxygen atoms in total. The number of ketones is 1. The van der Waals surface area contributed by atoms with Gasteiger partial charge >= 0.3 is 10.8 Å². The number of nitrogens with one attached hydrogen (secondary N) is 2. The monoisotopic (exact) mass is 574 g/mol. The van der Waals surface area contributed by atoms with E-state index in [4.69, 9.17) is 9.47 Å². The fourth-order valence-corrected chi connectivity index (χ4v) is 7.26. The third-order valence-corrected chi connectivity index (χ3v) is 8.74. The Labute approximate surface area is 244 Å². The molecule has 0 amide bonds. The van der Waals surface area contributed by atoms with E-state index in [9.17, 15) is 14.4 Å². The van der Waals surface area contributed by atoms with E-state index in [-0.39, 0.29) is 29.8 Å². The summed E-state index contributed by atoms with van der Waals surface area (Å²) in [4.78, 5) is 43.0. The van der Waals surface area contributed by atoms with E-state index in [1.807, 2.05) is 39.0 Å². The summed E-state index contributed by atoms with van der Waals surface area (Å²) in [7, 11) is 0. The number of esters is 1. The second-order valence-corrected chi connectivity index (χ2v) is 13.0. The minimum absolute atomic E-state index is 0.00281. The van der Waals surface area contributed by atoms with Crippen molar-refractivity contribution in [3.05, 3.63) is 90.4 Å². The first-order valence-electron chi connectivity index (χ1n) is 14.1. The van der Waals surface area contributed by atoms with Crippen molar-refractivity contribution < 1.29 is 19.1 Å². The molecule has 5 rings (SSSR count). The molecular weight excluding hydrogens is 536 g/mol. The normalized spacial score (nSPS) is 19.4. The molecule has 2 N–H and O–H groups in total. The van der Waals surface area contributed by atoms with Gasteiger partial charge in [0, 0.05) is 23.6 Å². The fourth-order valence-electron chi connectivity index (χ4n) is 6.38. The summed E-state index contributed by atoms with van der Waals surface area (Å²) in [5, 5.41) is 3.50. The third-order valence-electron chi connectivity index (χ3n) is 7.79. The number of hydrogen-bond donors (Lipinski definition) is 2. The number of aromatic nitrogens is 1. The molecule has 41 heavy (non-hydrogen) atoms. The van der Waals surface area contributed by atoms with Crippen LogP contribution >= 0.6 is 11.3 Å². The van der Waals surface area contributed by atoms with E-state index in [0.29, 0.717) is 35.2 Å². The lowest BCUT2D eigenvalue weighted by atomic mass is 9.70. The number of hydrogen-bond acceptors (Lipinski definition) is 7. The van der Waals surface area contributed by atoms with Crippen molar-refractivity contribution in [1.29, 1.82) is 0 Å². The summed E-state index contributed by atoms with van der Waals surface area (Å²) in [6, 6.07) is 9.94. The fraction of sp³-hybridized carbons (Fsp3) is 0.424. The molecule has 0 spiro atoms. The van der Waals surface area contributed by atoms with Gasteiger partial charge in [-0.15, -0.1) is 0 Å². The maximum Gasteiger partial charge on any atom is 0.336 e. The number of Topliss-reactive ketones (excluding diaryl/α,β-unsaturated/α-hetero) is 1. The molecule has 8 heteroatoms. The number of ether oxygens (including phenoxy) is 2. The highest BCUT2D eigenvalue weighted by Gasteiger charge is 2.43. The van der Waals surface area contributed by atoms with Crippen LogP contribution in [0, 0.1) is 20.8 Å². The standard InChI is InChI=1S/C33H38N2O5S/c1-8-39-31(37)29-24(16-40-33(5,6)7)34-23-14-20(26-18(3)12-17(2)13-19(26)4)15-25(36)28(23)27(29)21-10-9-11-22-30(21)41-32(38)35-22/h9-13,20,27,34H,8,14-16H2,1-7H3,(H,35,38). The predicted molar refractivity (Wildman–Crippen MR) is 162 cm³/mol. The number of dihydropyridines is 1. The summed E-state index contributed by atoms with van der Waals surface area (Å²) >= 11 is 1.09. The van der Waals surface area contributed by atoms with Crippen molar-refractivity contribution in [1.82, 2.24) is 10.3 Å². The van der Waals surface area contributed by atoms with Crippen LogP contribution in [0.3, 0.4) is 0 Å². The van der Waals surface area contributed by atoms with E-state index in [1.54, 1.807) is 6.92 Å². The quantitative estimate of drug-likeness (QED) is 0.339. The summed E-state index contributed by atoms with van der Waals surface area (Å²) in [5.41, 5.74) is 8.04. The summed E-state index contributed by atoms with van der Waals surface area (Å²) in [5.74, 6) is -1.19. The van der Waals surface area contributed by atoms with Crippen LogP contribution < -0.4 is 10.2 Å². The lowest BCUT2D eigenvalue weighted by Gasteiger charge is -2.38. The van der Waals surface area contributed by atoms with Gasteiger partial charge in [-0.25, -0.2) is 4.79 Å². The lowest BCUT2D eigenvalue weighted by Crippen LogP contribution is -2.39. The van der Waals surface area contributed by atoms with Gasteiger partial charge in [0.05, 0.1) is 40.3 Å². The second kappa shape index (κ2) is 11.1. The van der Waals surface area contributed by atoms with Crippen molar-refractivity contribution in [2.45, 2.75) is 78.7 Å². The predicted octanol–water partition coefficient (Wildman–Crippen LogP) is 6.23. The average molecular weight is 575 g/mol. The number of rotatable bonds is 6. The number of aryl methyl sites for hydroxylation is 3. The van der Waals surface area contributed by atoms with Gasteiger partial charge in [-0.2, -0.15) is 0 Å². The first kappa shape index (κ1) is 29.0. The van der Waals surface area contributed by atoms with Crippen LogP contribution in [0.15, 0.2) is 57.7 Å². The van der Waals surface area contributed by atoms with Crippen LogP contribution in [0.2, 0.25) is 0 Å². The Morgan fingerprint density at radius 2 is 1.78 bits per heavy atom. The summed E-state index contributed by atoms with van der Waals surface area (Å²) < 4.78 is 12.5. The van der Waals surface area contributed by atoms with Crippen LogP contribution in [0.4, 0.5) is 0 Å². The van der Waals surface area contributed by atoms with Crippen molar-refractivity contribution in [3.8, 4) is 0 Å². The molecule has 0 saturated carbocycles. The molecule has 0 saturated heterocycles. The largest absolute Gasteiger partial charge is 0.463 e. The van der Waals surface area contributed by atoms with Gasteiger partial charge < -0.3 is 19.8 Å². The van der Waals surface area contributed by atoms with Gasteiger partial charge in [-0.05, 0) is 89.1 Å². The topological polar surface area (TPSA) is 97.5 Å². The Hall–Kier alpha value is -3.49. The first-order valence-corrected chi connectivity index (χ1v) is 15.0. The number of aromatic amines is 1. The highest BCUT2D eigenvalue weighted by atomic mass is 32.1. The van der Waals surface area contributed by atoms with Gasteiger partial charge in [0.2, 0.25) is 0 Å². The third kappa shape index (κ3) is 5.68. The Morgan fingerprint density at radius 1 is 1.07 bits per heavy atom. The van der Waals surface area contributed by atoms with E-state index >= 15 is 0 Å². The van der Waals surface area contributed by atoms with Gasteiger partial charge in [0.25, 0.3) is 0 Å². The number of H-pyrrole nitrogens is 1. The first-order chi connectivity index (χ1) is 19.4. The van der Waals surface area contributed by atoms with Crippen molar-refractivity contribution in [3.63, 3.8) is 0 Å². The molecule has 216 valence electrons. The van der Waals surface area contributed by atoms with E-state index in [1.165, 1.54) is 22.3 Å². The molecule has 0 bridgehead atoms. The molecule has 1 aliphatic heterocycles. The molecular formula is C33H38N2O5S. The zero-order chi connectivity index (χ0) is 29.6. The molecule has 2 unspecified atom stereocenters. The van der Waals surface area contributed by atoms with Gasteiger partial charge in [-0.1, -0.05) is 41.2 Å². The van der Waals surface area contributed by atoms with Crippen LogP contribution in [0.1, 0.15) is 80.2 Å². The summed E-state index contributed by atoms with van der Waals surface area (Å²) in [6.45, 7) is 14.3. The van der Waals surface area contributed by atoms with Crippen molar-refractivity contribution in [2.75, 3.05) is 13.2 Å². The molecule has 3 aromatic rings. The number of fused-ring (bicyclic) bond motifs is 1. The Bertz CT molecular complexity index is 1640. The Morgan fingerprint density at radius 3 is 2.44 bits per heavy atom. The second-order valence-electron chi connectivity index (χ2n) is 12.0. The highest BCUT2D eigenvalue weighted by Crippen LogP contribution is 2.48. The number of allylic oxidation sites excluding steroid dienone is 2. The zero-order valence-corrected chi connectivity index (χ0v) is 25.6. The van der Waals surface area contributed by atoms with Crippen LogP contribution in [0.25, 0.3) is 10.2 Å². The summed E-state index contributed by atoms with van der Waals surface area (Å²) in [6.07, 6.45) is 0.960. The minimum Gasteiger partial charge on any atom is -0.463 e. The Kier molecular flexibility index (Phi) is 7.83. The molecule has 0 radical (unpaired) electrons. The lowest BCUT2D eigenvalue weighted by molar-refractivity contribution is -0.139. The van der Waals surface area contributed by atoms with E-state index in [2.05, 4.69) is 43.2 Å². The van der Waals surface area contributed by atoms with Crippen LogP contribution in [0.5, 0.6) is 0 Å². The van der Waals surface area contributed by atoms with Crippen molar-refractivity contribution >= 4 is 33.3 Å². The van der Waals surface area contributed by atoms with Crippen molar-refractivity contribution in [2.24, 2.45) is 0 Å². The maximum absolute atomic E-state index is 14.2. The molecule has 2 aliphatic rings. The van der Waals surface area contributed by atoms with Crippen LogP contribution in [-0.2, 0) is 19.1 Å². The highest BCUT2D eigenvalue weighted by molar-refractivity contribution is 7.16. The van der Waals surface area contributed by atoms with Crippen LogP contribution in [-0.4, -0.2) is 35.6 Å². The Balaban J connectivity index is 1.72. The number of benzene rings is 2. The number of carbonyl (C=O) groups is 2. The van der Waals surface area contributed by atoms with E-state index in [0.717, 1.165) is 27.3 Å². The minimum atomic E-state index is -0.687. The number of thiazole rings is 1. The SMILES string of the molecule is CCOC(=O)C1=C(COC(C)(C)C)NC2=C(C(=O)CC(c3c(C)cc(C)cc3C)C2)C1c1cccc2[nH]c(=O)sc12. The zero-order valence-electron chi connectivity index (χ0n) is 24.8. The van der Waals surface area contributed by atoms with Gasteiger partial charge in [-0.3, -0.25) is 9.59 Å². The van der Waals surface area contributed by atoms with Gasteiger partial charge in [0.1, 0.15) is 0 Å². The average Bonchev–Trinajstić information content (AvgIpc) is 3.26. The number of carbonyl (C=O) groups excluding carboxylic acids is 2. The molecule has 0 fully saturated rings. The molecule has 1 aromatic heterocycles.